The van der Waals surface area contributed by atoms with Crippen molar-refractivity contribution >= 4 is 52.6 Å². The van der Waals surface area contributed by atoms with Gasteiger partial charge >= 0.3 is 6.03 Å². The van der Waals surface area contributed by atoms with Crippen molar-refractivity contribution in [2.45, 2.75) is 50.1 Å². The first-order valence-corrected chi connectivity index (χ1v) is 14.7. The maximum atomic E-state index is 13.6. The Morgan fingerprint density at radius 1 is 0.846 bits per heavy atom. The molecule has 1 N–H and O–H groups in total. The van der Waals surface area contributed by atoms with Crippen molar-refractivity contribution in [1.29, 1.82) is 0 Å². The number of carbonyl (C=O) groups excluding carboxylic acids is 3. The van der Waals surface area contributed by atoms with Crippen LogP contribution in [-0.4, -0.2) is 77.9 Å². The minimum Gasteiger partial charge on any atom is -0.342 e. The third kappa shape index (κ3) is 6.47. The molecule has 2 aliphatic heterocycles. The zero-order valence-electron chi connectivity index (χ0n) is 21.9. The van der Waals surface area contributed by atoms with Crippen molar-refractivity contribution in [2.75, 3.05) is 33.2 Å². The predicted octanol–water partition coefficient (Wildman–Crippen LogP) is 5.69. The van der Waals surface area contributed by atoms with Crippen LogP contribution in [0.1, 0.15) is 53.9 Å². The summed E-state index contributed by atoms with van der Waals surface area (Å²) in [7, 11) is 1.81. The largest absolute Gasteiger partial charge is 0.342 e. The van der Waals surface area contributed by atoms with E-state index in [1.807, 2.05) is 29.0 Å². The van der Waals surface area contributed by atoms with Crippen molar-refractivity contribution in [2.24, 2.45) is 5.92 Å². The van der Waals surface area contributed by atoms with Gasteiger partial charge in [0.15, 0.2) is 0 Å². The van der Waals surface area contributed by atoms with Crippen LogP contribution >= 0.6 is 34.8 Å². The van der Waals surface area contributed by atoms with E-state index >= 15 is 0 Å². The smallest absolute Gasteiger partial charge is 0.317 e. The maximum absolute atomic E-state index is 13.6. The summed E-state index contributed by atoms with van der Waals surface area (Å²) in [5.74, 6) is -0.233. The fourth-order valence-electron chi connectivity index (χ4n) is 5.70. The van der Waals surface area contributed by atoms with Gasteiger partial charge < -0.3 is 20.0 Å². The molecule has 0 spiro atoms. The molecule has 0 bridgehead atoms. The lowest BCUT2D eigenvalue weighted by Crippen LogP contribution is -2.54. The Morgan fingerprint density at radius 2 is 1.51 bits per heavy atom. The van der Waals surface area contributed by atoms with E-state index in [1.54, 1.807) is 35.2 Å². The van der Waals surface area contributed by atoms with Crippen LogP contribution in [0.15, 0.2) is 42.5 Å². The molecular weight excluding hydrogens is 559 g/mol. The Labute approximate surface area is 244 Å². The van der Waals surface area contributed by atoms with Crippen LogP contribution in [0.5, 0.6) is 0 Å². The van der Waals surface area contributed by atoms with Crippen LogP contribution in [0.4, 0.5) is 4.79 Å². The van der Waals surface area contributed by atoms with Crippen molar-refractivity contribution in [1.82, 2.24) is 20.0 Å². The predicted molar refractivity (Wildman–Crippen MR) is 154 cm³/mol. The molecule has 0 aromatic heterocycles. The zero-order chi connectivity index (χ0) is 27.7. The Bertz CT molecular complexity index is 1230. The summed E-state index contributed by atoms with van der Waals surface area (Å²) in [5, 5.41) is 4.51. The molecular formula is C29H33Cl3N4O3. The number of piperidine rings is 2. The molecule has 10 heteroatoms. The highest BCUT2D eigenvalue weighted by Gasteiger charge is 2.39. The van der Waals surface area contributed by atoms with Crippen LogP contribution in [0.3, 0.4) is 0 Å². The standard InChI is InChI=1S/C29H33Cl3N4O3/c1-34(27(37)18-2-5-21(30)6-3-18)26-12-15-36(17-23(26)20-4-9-24(31)25(32)16-20)28(38)19-10-13-35(14-11-19)29(39)33-22-7-8-22/h2-6,9,16,19,22-23,26H,7-8,10-15,17H2,1H3,(H,33,39)/t23-,26+/m0/s1. The highest BCUT2D eigenvalue weighted by Crippen LogP contribution is 2.36. The SMILES string of the molecule is CN(C(=O)c1ccc(Cl)cc1)[C@@H]1CCN(C(=O)C2CCN(C(=O)NC3CC3)CC2)C[C@H]1c1ccc(Cl)c(Cl)c1. The van der Waals surface area contributed by atoms with Crippen molar-refractivity contribution in [3.8, 4) is 0 Å². The molecule has 2 aromatic rings. The number of likely N-dealkylation sites (N-methyl/N-ethyl adjacent to an activating group) is 1. The second-order valence-corrected chi connectivity index (χ2v) is 12.1. The second kappa shape index (κ2) is 11.9. The van der Waals surface area contributed by atoms with E-state index in [0.717, 1.165) is 18.4 Å². The molecule has 2 atom stereocenters. The molecule has 7 nitrogen and oxygen atoms in total. The van der Waals surface area contributed by atoms with Gasteiger partial charge in [-0.05, 0) is 74.1 Å². The zero-order valence-corrected chi connectivity index (χ0v) is 24.2. The average Bonchev–Trinajstić information content (AvgIpc) is 3.77. The van der Waals surface area contributed by atoms with Gasteiger partial charge in [-0.1, -0.05) is 40.9 Å². The minimum absolute atomic E-state index is 0.0164. The molecule has 5 rings (SSSR count). The molecule has 2 heterocycles. The van der Waals surface area contributed by atoms with E-state index in [-0.39, 0.29) is 35.7 Å². The van der Waals surface area contributed by atoms with E-state index < -0.39 is 0 Å². The molecule has 4 amide bonds. The van der Waals surface area contributed by atoms with Crippen LogP contribution in [0.25, 0.3) is 0 Å². The number of likely N-dealkylation sites (tertiary alicyclic amines) is 2. The number of amides is 4. The van der Waals surface area contributed by atoms with Gasteiger partial charge in [-0.25, -0.2) is 4.79 Å². The van der Waals surface area contributed by atoms with Crippen molar-refractivity contribution in [3.05, 3.63) is 68.7 Å². The van der Waals surface area contributed by atoms with E-state index in [2.05, 4.69) is 5.32 Å². The lowest BCUT2D eigenvalue weighted by atomic mass is 9.83. The van der Waals surface area contributed by atoms with Gasteiger partial charge in [-0.3, -0.25) is 9.59 Å². The molecule has 3 fully saturated rings. The summed E-state index contributed by atoms with van der Waals surface area (Å²) in [6, 6.07) is 12.6. The Balaban J connectivity index is 1.29. The van der Waals surface area contributed by atoms with Gasteiger partial charge in [0.2, 0.25) is 5.91 Å². The molecule has 0 radical (unpaired) electrons. The molecule has 2 saturated heterocycles. The number of rotatable bonds is 5. The molecule has 1 saturated carbocycles. The van der Waals surface area contributed by atoms with Gasteiger partial charge in [0, 0.05) is 67.7 Å². The summed E-state index contributed by atoms with van der Waals surface area (Å²) in [6.07, 6.45) is 4.05. The van der Waals surface area contributed by atoms with Gasteiger partial charge in [0.1, 0.15) is 0 Å². The average molecular weight is 592 g/mol. The topological polar surface area (TPSA) is 73.0 Å². The normalized spacial score (nSPS) is 21.9. The molecule has 1 aliphatic carbocycles. The molecule has 39 heavy (non-hydrogen) atoms. The lowest BCUT2D eigenvalue weighted by molar-refractivity contribution is -0.138. The number of urea groups is 1. The summed E-state index contributed by atoms with van der Waals surface area (Å²) in [5.41, 5.74) is 1.50. The Hall–Kier alpha value is -2.48. The highest BCUT2D eigenvalue weighted by atomic mass is 35.5. The minimum atomic E-state index is -0.137. The van der Waals surface area contributed by atoms with Crippen LogP contribution < -0.4 is 5.32 Å². The molecule has 0 unspecified atom stereocenters. The quantitative estimate of drug-likeness (QED) is 0.486. The van der Waals surface area contributed by atoms with Gasteiger partial charge in [0.05, 0.1) is 10.0 Å². The van der Waals surface area contributed by atoms with E-state index in [9.17, 15) is 14.4 Å². The van der Waals surface area contributed by atoms with E-state index in [1.165, 1.54) is 0 Å². The molecule has 2 aromatic carbocycles. The fraction of sp³-hybridized carbons (Fsp3) is 0.483. The first-order chi connectivity index (χ1) is 18.7. The first-order valence-electron chi connectivity index (χ1n) is 13.5. The molecule has 208 valence electrons. The third-order valence-electron chi connectivity index (χ3n) is 8.21. The van der Waals surface area contributed by atoms with Gasteiger partial charge in [-0.15, -0.1) is 0 Å². The highest BCUT2D eigenvalue weighted by molar-refractivity contribution is 6.42. The summed E-state index contributed by atoms with van der Waals surface area (Å²) < 4.78 is 0. The van der Waals surface area contributed by atoms with E-state index in [4.69, 9.17) is 34.8 Å². The second-order valence-electron chi connectivity index (χ2n) is 10.8. The summed E-state index contributed by atoms with van der Waals surface area (Å²) in [4.78, 5) is 45.0. The number of hydrogen-bond donors (Lipinski definition) is 1. The monoisotopic (exact) mass is 590 g/mol. The van der Waals surface area contributed by atoms with Crippen LogP contribution in [-0.2, 0) is 4.79 Å². The van der Waals surface area contributed by atoms with Crippen molar-refractivity contribution < 1.29 is 14.4 Å². The van der Waals surface area contributed by atoms with Gasteiger partial charge in [0.25, 0.3) is 5.91 Å². The maximum Gasteiger partial charge on any atom is 0.317 e. The van der Waals surface area contributed by atoms with Gasteiger partial charge in [-0.2, -0.15) is 0 Å². The summed E-state index contributed by atoms with van der Waals surface area (Å²) >= 11 is 18.6. The van der Waals surface area contributed by atoms with Crippen LogP contribution in [0.2, 0.25) is 15.1 Å². The number of hydrogen-bond acceptors (Lipinski definition) is 3. The van der Waals surface area contributed by atoms with E-state index in [0.29, 0.717) is 72.1 Å². The first kappa shape index (κ1) is 28.1. The number of nitrogens with zero attached hydrogens (tertiary/aromatic N) is 3. The lowest BCUT2D eigenvalue weighted by Gasteiger charge is -2.44. The van der Waals surface area contributed by atoms with Crippen molar-refractivity contribution in [3.63, 3.8) is 0 Å². The number of carbonyl (C=O) groups is 3. The third-order valence-corrected chi connectivity index (χ3v) is 9.20. The number of nitrogens with one attached hydrogen (secondary N) is 1. The molecule has 3 aliphatic rings. The Morgan fingerprint density at radius 3 is 2.15 bits per heavy atom. The number of halogens is 3. The number of benzene rings is 2. The fourth-order valence-corrected chi connectivity index (χ4v) is 6.13. The van der Waals surface area contributed by atoms with Crippen LogP contribution in [0, 0.1) is 5.92 Å². The Kier molecular flexibility index (Phi) is 8.60. The summed E-state index contributed by atoms with van der Waals surface area (Å²) in [6.45, 7) is 2.20.